The van der Waals surface area contributed by atoms with Gasteiger partial charge >= 0.3 is 12.4 Å². The molecule has 352 valence electrons. The molecule has 0 N–H and O–H groups in total. The molecule has 9 rings (SSSR count). The molecule has 0 bridgehead atoms. The van der Waals surface area contributed by atoms with Crippen molar-refractivity contribution in [2.24, 2.45) is 0 Å². The maximum Gasteiger partial charge on any atom is 0.416 e. The van der Waals surface area contributed by atoms with E-state index in [1.54, 1.807) is 0 Å². The van der Waals surface area contributed by atoms with Gasteiger partial charge in [0.2, 0.25) is 0 Å². The molecular weight excluding hydrogens is 939 g/mol. The van der Waals surface area contributed by atoms with Crippen molar-refractivity contribution in [2.75, 3.05) is 0 Å². The molecule has 0 atom stereocenters. The van der Waals surface area contributed by atoms with Gasteiger partial charge in [-0.25, -0.2) is 0 Å². The monoisotopic (exact) mass is 982 g/mol. The quantitative estimate of drug-likeness (QED) is 0.0693. The first kappa shape index (κ1) is 50.7. The molecule has 0 fully saturated rings. The van der Waals surface area contributed by atoms with Gasteiger partial charge in [-0.3, -0.25) is 0 Å². The Bertz CT molecular complexity index is 2560. The van der Waals surface area contributed by atoms with Crippen molar-refractivity contribution in [1.82, 2.24) is 0 Å². The van der Waals surface area contributed by atoms with Crippen LogP contribution < -0.4 is 55.6 Å². The lowest BCUT2D eigenvalue weighted by atomic mass is 10.1. The summed E-state index contributed by atoms with van der Waals surface area (Å²) in [5.74, 6) is 0.696. The first-order valence-electron chi connectivity index (χ1n) is 21.7. The van der Waals surface area contributed by atoms with Crippen LogP contribution in [-0.4, -0.2) is 7.32 Å². The van der Waals surface area contributed by atoms with Gasteiger partial charge in [0.15, 0.2) is 11.5 Å². The summed E-state index contributed by atoms with van der Waals surface area (Å²) in [4.78, 5) is 0. The summed E-state index contributed by atoms with van der Waals surface area (Å²) in [6.07, 6.45) is -10.1. The van der Waals surface area contributed by atoms with Crippen LogP contribution in [0.15, 0.2) is 261 Å². The van der Waals surface area contributed by atoms with Crippen molar-refractivity contribution in [1.29, 1.82) is 0 Å². The Balaban J connectivity index is 0.000000158. The lowest BCUT2D eigenvalue weighted by Gasteiger charge is -2.27. The molecule has 5 nitrogen and oxygen atoms in total. The Labute approximate surface area is 404 Å². The summed E-state index contributed by atoms with van der Waals surface area (Å²) in [6, 6.07) is 83.9. The third-order valence-corrected chi connectivity index (χ3v) is 17.6. The van der Waals surface area contributed by atoms with Gasteiger partial charge in [0.25, 0.3) is 15.0 Å². The summed E-state index contributed by atoms with van der Waals surface area (Å²) in [5.41, 5.74) is -3.32. The van der Waals surface area contributed by atoms with Gasteiger partial charge in [0.05, 0.1) is 16.9 Å². The fourth-order valence-corrected chi connectivity index (χ4v) is 14.3. The van der Waals surface area contributed by atoms with Crippen LogP contribution in [0.3, 0.4) is 0 Å². The fraction of sp³-hybridized carbons (Fsp3) is 0.0357. The molecule has 0 heterocycles. The Hall–Kier alpha value is -7.20. The molecule has 0 saturated heterocycles. The van der Waals surface area contributed by atoms with E-state index in [-0.39, 0.29) is 18.2 Å². The average Bonchev–Trinajstić information content (AvgIpc) is 3.39. The Kier molecular flexibility index (Phi) is 16.9. The Morgan fingerprint density at radius 2 is 0.514 bits per heavy atom. The molecule has 0 amide bonds. The van der Waals surface area contributed by atoms with Crippen molar-refractivity contribution >= 4 is 54.1 Å². The SMILES string of the molecule is [O-]B([O-])Oc1cc(C(F)(F)F)cc(C(F)(F)F)c1.c1ccc(O[P+](c2ccccc2)(c2ccccc2)c2ccccc2)cc1.c1ccc(O[P+](c2ccccc2)(c2ccccc2)c2ccccc2)cc1. The number of rotatable bonds is 12. The van der Waals surface area contributed by atoms with Crippen LogP contribution in [0.1, 0.15) is 11.1 Å². The van der Waals surface area contributed by atoms with Crippen LogP contribution in [0, 0.1) is 0 Å². The summed E-state index contributed by atoms with van der Waals surface area (Å²) in [6.45, 7) is 0. The van der Waals surface area contributed by atoms with E-state index in [0.29, 0.717) is 0 Å². The Morgan fingerprint density at radius 1 is 0.300 bits per heavy atom. The first-order chi connectivity index (χ1) is 33.8. The van der Waals surface area contributed by atoms with Gasteiger partial charge in [-0.15, -0.1) is 0 Å². The number of benzene rings is 9. The lowest BCUT2D eigenvalue weighted by Crippen LogP contribution is -2.50. The summed E-state index contributed by atoms with van der Waals surface area (Å²) < 4.78 is 91.3. The maximum atomic E-state index is 12.3. The van der Waals surface area contributed by atoms with E-state index < -0.39 is 51.5 Å². The lowest BCUT2D eigenvalue weighted by molar-refractivity contribution is -0.372. The van der Waals surface area contributed by atoms with E-state index in [1.807, 2.05) is 60.7 Å². The van der Waals surface area contributed by atoms with Gasteiger partial charge in [-0.1, -0.05) is 146 Å². The molecule has 0 saturated carbocycles. The van der Waals surface area contributed by atoms with Gasteiger partial charge in [-0.2, -0.15) is 26.3 Å². The van der Waals surface area contributed by atoms with Crippen LogP contribution in [-0.2, 0) is 12.4 Å². The molecule has 0 spiro atoms. The maximum absolute atomic E-state index is 12.3. The smallest absolute Gasteiger partial charge is 0.416 e. The summed E-state index contributed by atoms with van der Waals surface area (Å²) in [5, 5.41) is 27.4. The molecule has 0 aliphatic carbocycles. The Morgan fingerprint density at radius 3 is 0.714 bits per heavy atom. The molecule has 0 radical (unpaired) electrons. The zero-order valence-corrected chi connectivity index (χ0v) is 38.9. The van der Waals surface area contributed by atoms with Crippen molar-refractivity contribution in [3.05, 3.63) is 272 Å². The van der Waals surface area contributed by atoms with Gasteiger partial charge in [0, 0.05) is 0 Å². The number of halogens is 6. The fourth-order valence-electron chi connectivity index (χ4n) is 7.42. The number of alkyl halides is 6. The molecule has 0 aliphatic rings. The van der Waals surface area contributed by atoms with Gasteiger partial charge in [0.1, 0.15) is 39.1 Å². The van der Waals surface area contributed by atoms with Crippen LogP contribution in [0.25, 0.3) is 0 Å². The number of hydrogen-bond acceptors (Lipinski definition) is 5. The standard InChI is InChI=1S/2C24H20OP.C8H3BF6O3/c2*1-5-13-21(14-6-1)25-26(22-15-7-2-8-16-22,23-17-9-3-10-18-23)24-19-11-4-12-20-24;10-7(11,12)4-1-5(8(13,14)15)3-6(2-4)18-9(16)17/h2*1-20H;1-3H/q2*+1;-2. The second-order valence-corrected chi connectivity index (χ2v) is 21.1. The largest absolute Gasteiger partial charge is 0.860 e. The average molecular weight is 983 g/mol. The molecule has 0 aromatic heterocycles. The van der Waals surface area contributed by atoms with Crippen LogP contribution in [0.2, 0.25) is 0 Å². The van der Waals surface area contributed by atoms with E-state index in [4.69, 9.17) is 9.05 Å². The zero-order chi connectivity index (χ0) is 49.5. The van der Waals surface area contributed by atoms with Crippen LogP contribution in [0.4, 0.5) is 26.3 Å². The minimum atomic E-state index is -5.05. The third kappa shape index (κ3) is 12.7. The highest BCUT2D eigenvalue weighted by atomic mass is 31.2. The highest BCUT2D eigenvalue weighted by molar-refractivity contribution is 7.92. The number of para-hydroxylation sites is 2. The zero-order valence-electron chi connectivity index (χ0n) is 37.1. The van der Waals surface area contributed by atoms with Crippen molar-refractivity contribution in [2.45, 2.75) is 12.4 Å². The van der Waals surface area contributed by atoms with E-state index >= 15 is 0 Å². The van der Waals surface area contributed by atoms with Gasteiger partial charge < -0.3 is 23.7 Å². The molecule has 9 aromatic carbocycles. The minimum Gasteiger partial charge on any atom is -0.860 e. The topological polar surface area (TPSA) is 73.8 Å². The van der Waals surface area contributed by atoms with E-state index in [2.05, 4.69) is 187 Å². The molecule has 14 heteroatoms. The predicted octanol–water partition coefficient (Wildman–Crippen LogP) is 10.8. The van der Waals surface area contributed by atoms with E-state index in [0.717, 1.165) is 11.5 Å². The van der Waals surface area contributed by atoms with Crippen molar-refractivity contribution < 1.29 is 50.1 Å². The van der Waals surface area contributed by atoms with Gasteiger partial charge in [-0.05, 0) is 115 Å². The predicted molar refractivity (Wildman–Crippen MR) is 267 cm³/mol. The number of hydrogen-bond donors (Lipinski definition) is 0. The normalized spacial score (nSPS) is 11.4. The first-order valence-corrected chi connectivity index (χ1v) is 25.1. The summed E-state index contributed by atoms with van der Waals surface area (Å²) >= 11 is 0. The van der Waals surface area contributed by atoms with Crippen molar-refractivity contribution in [3.8, 4) is 17.2 Å². The van der Waals surface area contributed by atoms with E-state index in [1.165, 1.54) is 31.8 Å². The highest BCUT2D eigenvalue weighted by Gasteiger charge is 2.50. The molecular formula is C56H43BF6O5P2. The highest BCUT2D eigenvalue weighted by Crippen LogP contribution is 2.57. The summed E-state index contributed by atoms with van der Waals surface area (Å²) in [7, 11) is -7.57. The second-order valence-electron chi connectivity index (χ2n) is 15.2. The second kappa shape index (κ2) is 23.4. The third-order valence-electron chi connectivity index (χ3n) is 10.5. The van der Waals surface area contributed by atoms with Crippen molar-refractivity contribution in [3.63, 3.8) is 0 Å². The molecule has 0 unspecified atom stereocenters. The molecule has 0 aliphatic heterocycles. The van der Waals surface area contributed by atoms with E-state index in [9.17, 15) is 36.4 Å². The van der Waals surface area contributed by atoms with Crippen LogP contribution in [0.5, 0.6) is 17.2 Å². The minimum absolute atomic E-state index is 0.141. The van der Waals surface area contributed by atoms with Crippen LogP contribution >= 0.6 is 15.0 Å². The molecule has 70 heavy (non-hydrogen) atoms. The molecule has 9 aromatic rings.